The third-order valence-electron chi connectivity index (χ3n) is 4.49. The summed E-state index contributed by atoms with van der Waals surface area (Å²) in [5, 5.41) is 20.5. The molecular weight excluding hydrogens is 200 g/mol. The summed E-state index contributed by atoms with van der Waals surface area (Å²) < 4.78 is 0. The number of hydrogen-bond acceptors (Lipinski definition) is 2. The van der Waals surface area contributed by atoms with E-state index in [1.54, 1.807) is 6.08 Å². The van der Waals surface area contributed by atoms with Gasteiger partial charge in [0.2, 0.25) is 0 Å². The Labute approximate surface area is 96.0 Å². The number of rotatable bonds is 2. The Morgan fingerprint density at radius 2 is 1.94 bits per heavy atom. The molecule has 0 aromatic heterocycles. The fourth-order valence-electron chi connectivity index (χ4n) is 3.86. The van der Waals surface area contributed by atoms with Crippen molar-refractivity contribution in [3.05, 3.63) is 36.5 Å². The predicted octanol–water partition coefficient (Wildman–Crippen LogP) is 1.66. The minimum Gasteiger partial charge on any atom is -0.389 e. The van der Waals surface area contributed by atoms with Crippen molar-refractivity contribution >= 4 is 0 Å². The van der Waals surface area contributed by atoms with Gasteiger partial charge in [-0.05, 0) is 30.3 Å². The third kappa shape index (κ3) is 1.26. The number of aliphatic hydroxyl groups excluding tert-OH is 2. The molecule has 0 radical (unpaired) electrons. The van der Waals surface area contributed by atoms with Gasteiger partial charge >= 0.3 is 0 Å². The maximum Gasteiger partial charge on any atom is 0.0791 e. The van der Waals surface area contributed by atoms with Gasteiger partial charge in [0.1, 0.15) is 0 Å². The van der Waals surface area contributed by atoms with E-state index in [0.717, 1.165) is 12.0 Å². The van der Waals surface area contributed by atoms with Gasteiger partial charge in [-0.25, -0.2) is 0 Å². The second-order valence-corrected chi connectivity index (χ2v) is 5.27. The van der Waals surface area contributed by atoms with Crippen LogP contribution < -0.4 is 0 Å². The lowest BCUT2D eigenvalue weighted by molar-refractivity contribution is 0.0194. The van der Waals surface area contributed by atoms with Crippen molar-refractivity contribution in [2.45, 2.75) is 25.0 Å². The SMILES string of the molecule is C=CCC1=C[C@H](O)[C@H]2[C@@H]([C@@H]1O)[C@H]1C=C[C@@H]2C1. The summed E-state index contributed by atoms with van der Waals surface area (Å²) in [6.45, 7) is 3.70. The van der Waals surface area contributed by atoms with Crippen molar-refractivity contribution in [2.75, 3.05) is 0 Å². The van der Waals surface area contributed by atoms with Crippen molar-refractivity contribution in [3.63, 3.8) is 0 Å². The summed E-state index contributed by atoms with van der Waals surface area (Å²) in [6, 6.07) is 0. The molecule has 2 bridgehead atoms. The molecular formula is C14H18O2. The van der Waals surface area contributed by atoms with E-state index < -0.39 is 0 Å². The van der Waals surface area contributed by atoms with E-state index in [2.05, 4.69) is 18.7 Å². The van der Waals surface area contributed by atoms with Crippen LogP contribution >= 0.6 is 0 Å². The van der Waals surface area contributed by atoms with Crippen LogP contribution in [0.1, 0.15) is 12.8 Å². The number of fused-ring (bicyclic) bond motifs is 5. The van der Waals surface area contributed by atoms with E-state index in [1.165, 1.54) is 0 Å². The molecule has 3 aliphatic rings. The largest absolute Gasteiger partial charge is 0.389 e. The highest BCUT2D eigenvalue weighted by Crippen LogP contribution is 2.54. The van der Waals surface area contributed by atoms with Gasteiger partial charge in [0, 0.05) is 11.8 Å². The number of hydrogen-bond donors (Lipinski definition) is 2. The predicted molar refractivity (Wildman–Crippen MR) is 62.6 cm³/mol. The molecule has 0 aliphatic heterocycles. The van der Waals surface area contributed by atoms with E-state index in [0.29, 0.717) is 18.3 Å². The molecule has 0 aromatic rings. The summed E-state index contributed by atoms with van der Waals surface area (Å²) >= 11 is 0. The van der Waals surface area contributed by atoms with E-state index in [4.69, 9.17) is 0 Å². The first-order valence-electron chi connectivity index (χ1n) is 6.08. The first-order chi connectivity index (χ1) is 7.72. The fourth-order valence-corrected chi connectivity index (χ4v) is 3.86. The number of aliphatic hydroxyl groups is 2. The van der Waals surface area contributed by atoms with Gasteiger partial charge < -0.3 is 10.2 Å². The Morgan fingerprint density at radius 3 is 2.62 bits per heavy atom. The van der Waals surface area contributed by atoms with Crippen LogP contribution in [0.3, 0.4) is 0 Å². The molecule has 6 atom stereocenters. The van der Waals surface area contributed by atoms with E-state index in [1.807, 2.05) is 6.08 Å². The lowest BCUT2D eigenvalue weighted by Gasteiger charge is -2.39. The van der Waals surface area contributed by atoms with Gasteiger partial charge in [0.15, 0.2) is 0 Å². The van der Waals surface area contributed by atoms with Crippen molar-refractivity contribution in [2.24, 2.45) is 23.7 Å². The molecule has 0 aromatic carbocycles. The minimum atomic E-state index is -0.386. The van der Waals surface area contributed by atoms with Crippen LogP contribution in [0.15, 0.2) is 36.5 Å². The highest BCUT2D eigenvalue weighted by atomic mass is 16.3. The van der Waals surface area contributed by atoms with Gasteiger partial charge in [-0.1, -0.05) is 24.3 Å². The average Bonchev–Trinajstić information content (AvgIpc) is 2.85. The Kier molecular flexibility index (Phi) is 2.30. The van der Waals surface area contributed by atoms with Gasteiger partial charge in [-0.3, -0.25) is 0 Å². The van der Waals surface area contributed by atoms with E-state index in [9.17, 15) is 10.2 Å². The Morgan fingerprint density at radius 1 is 1.25 bits per heavy atom. The normalized spacial score (nSPS) is 49.0. The summed E-state index contributed by atoms with van der Waals surface area (Å²) in [5.74, 6) is 1.40. The average molecular weight is 218 g/mol. The third-order valence-corrected chi connectivity index (χ3v) is 4.49. The van der Waals surface area contributed by atoms with Crippen LogP contribution in [-0.2, 0) is 0 Å². The molecule has 0 heterocycles. The molecule has 3 rings (SSSR count). The summed E-state index contributed by atoms with van der Waals surface area (Å²) in [5.41, 5.74) is 0.949. The maximum absolute atomic E-state index is 10.3. The molecule has 16 heavy (non-hydrogen) atoms. The van der Waals surface area contributed by atoms with Crippen molar-refractivity contribution < 1.29 is 10.2 Å². The Balaban J connectivity index is 1.94. The second kappa shape index (κ2) is 3.57. The van der Waals surface area contributed by atoms with Gasteiger partial charge in [-0.15, -0.1) is 6.58 Å². The van der Waals surface area contributed by atoms with Gasteiger partial charge in [0.25, 0.3) is 0 Å². The molecule has 0 unspecified atom stereocenters. The van der Waals surface area contributed by atoms with Crippen LogP contribution in [0.2, 0.25) is 0 Å². The molecule has 2 N–H and O–H groups in total. The lowest BCUT2D eigenvalue weighted by atomic mass is 9.70. The molecule has 2 nitrogen and oxygen atoms in total. The van der Waals surface area contributed by atoms with Crippen LogP contribution in [-0.4, -0.2) is 22.4 Å². The monoisotopic (exact) mass is 218 g/mol. The second-order valence-electron chi connectivity index (χ2n) is 5.27. The lowest BCUT2D eigenvalue weighted by Crippen LogP contribution is -2.42. The van der Waals surface area contributed by atoms with E-state index >= 15 is 0 Å². The van der Waals surface area contributed by atoms with E-state index in [-0.39, 0.29) is 24.0 Å². The van der Waals surface area contributed by atoms with Crippen LogP contribution in [0.4, 0.5) is 0 Å². The quantitative estimate of drug-likeness (QED) is 0.692. The standard InChI is InChI=1S/C14H18O2/c1-2-3-10-7-11(15)12-8-4-5-9(6-8)13(12)14(10)16/h2,4-5,7-9,11-16H,1,3,6H2/t8-,9+,11+,12+,13+,14-/m1/s1. The Hall–Kier alpha value is -0.860. The Bertz CT molecular complexity index is 369. The highest BCUT2D eigenvalue weighted by Gasteiger charge is 2.52. The zero-order chi connectivity index (χ0) is 11.3. The fraction of sp³-hybridized carbons (Fsp3) is 0.571. The molecule has 0 spiro atoms. The smallest absolute Gasteiger partial charge is 0.0791 e. The molecule has 0 saturated heterocycles. The van der Waals surface area contributed by atoms with Crippen molar-refractivity contribution in [1.82, 2.24) is 0 Å². The summed E-state index contributed by atoms with van der Waals surface area (Å²) in [7, 11) is 0. The minimum absolute atomic E-state index is 0.227. The zero-order valence-electron chi connectivity index (χ0n) is 9.29. The highest BCUT2D eigenvalue weighted by molar-refractivity contribution is 5.28. The molecule has 86 valence electrons. The van der Waals surface area contributed by atoms with Crippen molar-refractivity contribution in [1.29, 1.82) is 0 Å². The first kappa shape index (κ1) is 10.3. The summed E-state index contributed by atoms with van der Waals surface area (Å²) in [6.07, 6.45) is 9.11. The maximum atomic E-state index is 10.3. The van der Waals surface area contributed by atoms with Gasteiger partial charge in [0.05, 0.1) is 12.2 Å². The topological polar surface area (TPSA) is 40.5 Å². The molecule has 0 amide bonds. The molecule has 1 fully saturated rings. The molecule has 2 heteroatoms. The molecule has 3 aliphatic carbocycles. The van der Waals surface area contributed by atoms with Crippen LogP contribution in [0.5, 0.6) is 0 Å². The summed E-state index contributed by atoms with van der Waals surface area (Å²) in [4.78, 5) is 0. The van der Waals surface area contributed by atoms with Crippen molar-refractivity contribution in [3.8, 4) is 0 Å². The first-order valence-corrected chi connectivity index (χ1v) is 6.08. The van der Waals surface area contributed by atoms with Crippen LogP contribution in [0, 0.1) is 23.7 Å². The number of allylic oxidation sites excluding steroid dienone is 3. The molecule has 1 saturated carbocycles. The van der Waals surface area contributed by atoms with Gasteiger partial charge in [-0.2, -0.15) is 0 Å². The van der Waals surface area contributed by atoms with Crippen LogP contribution in [0.25, 0.3) is 0 Å². The zero-order valence-corrected chi connectivity index (χ0v) is 9.29.